The zero-order chi connectivity index (χ0) is 24.3. The number of hydrogen-bond acceptors (Lipinski definition) is 4. The molecule has 34 heavy (non-hydrogen) atoms. The molecule has 1 aliphatic heterocycles. The molecule has 0 saturated heterocycles. The average molecular weight is 470 g/mol. The molecule has 3 aromatic rings. The Labute approximate surface area is 195 Å². The van der Waals surface area contributed by atoms with Crippen LogP contribution in [0.25, 0.3) is 11.3 Å². The van der Waals surface area contributed by atoms with Crippen molar-refractivity contribution < 1.29 is 27.8 Å². The Kier molecular flexibility index (Phi) is 6.88. The van der Waals surface area contributed by atoms with Gasteiger partial charge in [-0.2, -0.15) is 13.2 Å². The first kappa shape index (κ1) is 23.8. The van der Waals surface area contributed by atoms with Gasteiger partial charge in [-0.3, -0.25) is 14.7 Å². The number of alkyl halides is 3. The summed E-state index contributed by atoms with van der Waals surface area (Å²) in [5.74, 6) is -0.232. The van der Waals surface area contributed by atoms with Crippen molar-refractivity contribution in [3.05, 3.63) is 82.5 Å². The summed E-state index contributed by atoms with van der Waals surface area (Å²) in [6.07, 6.45) is -3.49. The van der Waals surface area contributed by atoms with E-state index >= 15 is 0 Å². The molecule has 0 radical (unpaired) electrons. The lowest BCUT2D eigenvalue weighted by Gasteiger charge is -2.27. The van der Waals surface area contributed by atoms with Crippen LogP contribution in [-0.4, -0.2) is 34.0 Å². The Morgan fingerprint density at radius 2 is 1.88 bits per heavy atom. The molecule has 0 bridgehead atoms. The lowest BCUT2D eigenvalue weighted by atomic mass is 10.0. The second kappa shape index (κ2) is 9.85. The number of carbonyl (C=O) groups is 1. The summed E-state index contributed by atoms with van der Waals surface area (Å²) in [5.41, 5.74) is 4.42. The highest BCUT2D eigenvalue weighted by molar-refractivity contribution is 5.66. The molecular formula is C26H25F3N2O3. The number of pyridine rings is 1. The maximum atomic E-state index is 13.0. The number of nitrogens with zero attached hydrogens (tertiary/aromatic N) is 2. The minimum absolute atomic E-state index is 0.0462. The molecule has 0 amide bonds. The van der Waals surface area contributed by atoms with Crippen LogP contribution in [0, 0.1) is 6.92 Å². The Morgan fingerprint density at radius 1 is 1.12 bits per heavy atom. The van der Waals surface area contributed by atoms with E-state index in [9.17, 15) is 18.0 Å². The van der Waals surface area contributed by atoms with Crippen molar-refractivity contribution in [1.29, 1.82) is 0 Å². The van der Waals surface area contributed by atoms with Crippen molar-refractivity contribution >= 4 is 5.97 Å². The van der Waals surface area contributed by atoms with E-state index in [1.54, 1.807) is 19.1 Å². The summed E-state index contributed by atoms with van der Waals surface area (Å²) < 4.78 is 44.7. The molecule has 178 valence electrons. The minimum Gasteiger partial charge on any atom is -0.489 e. The van der Waals surface area contributed by atoms with Crippen LogP contribution in [0.3, 0.4) is 0 Å². The van der Waals surface area contributed by atoms with Crippen LogP contribution in [-0.2, 0) is 30.5 Å². The van der Waals surface area contributed by atoms with Crippen LogP contribution >= 0.6 is 0 Å². The van der Waals surface area contributed by atoms with Crippen molar-refractivity contribution in [1.82, 2.24) is 9.88 Å². The van der Waals surface area contributed by atoms with Crippen LogP contribution in [0.15, 0.2) is 54.6 Å². The number of aliphatic carboxylic acids is 1. The van der Waals surface area contributed by atoms with E-state index in [-0.39, 0.29) is 13.0 Å². The number of aryl methyl sites for hydroxylation is 1. The predicted octanol–water partition coefficient (Wildman–Crippen LogP) is 5.49. The molecule has 0 fully saturated rings. The molecule has 1 N–H and O–H groups in total. The molecule has 0 aliphatic carbocycles. The molecule has 2 heterocycles. The second-order valence-corrected chi connectivity index (χ2v) is 8.42. The topological polar surface area (TPSA) is 62.7 Å². The van der Waals surface area contributed by atoms with E-state index in [1.165, 1.54) is 6.07 Å². The number of aromatic nitrogens is 1. The second-order valence-electron chi connectivity index (χ2n) is 8.42. The number of fused-ring (bicyclic) bond motifs is 1. The molecule has 2 aromatic carbocycles. The average Bonchev–Trinajstić information content (AvgIpc) is 2.81. The highest BCUT2D eigenvalue weighted by Gasteiger charge is 2.30. The van der Waals surface area contributed by atoms with Gasteiger partial charge in [0.05, 0.1) is 17.7 Å². The Bertz CT molecular complexity index is 1180. The zero-order valence-corrected chi connectivity index (χ0v) is 18.7. The smallest absolute Gasteiger partial charge is 0.416 e. The highest BCUT2D eigenvalue weighted by atomic mass is 19.4. The third kappa shape index (κ3) is 5.75. The summed E-state index contributed by atoms with van der Waals surface area (Å²) >= 11 is 0. The largest absolute Gasteiger partial charge is 0.489 e. The number of ether oxygens (including phenoxy) is 1. The molecule has 0 unspecified atom stereocenters. The summed E-state index contributed by atoms with van der Waals surface area (Å²) in [6.45, 7) is 3.80. The van der Waals surface area contributed by atoms with Gasteiger partial charge in [-0.25, -0.2) is 0 Å². The molecule has 0 spiro atoms. The number of rotatable bonds is 7. The summed E-state index contributed by atoms with van der Waals surface area (Å²) in [7, 11) is 0. The highest BCUT2D eigenvalue weighted by Crippen LogP contribution is 2.31. The maximum Gasteiger partial charge on any atom is 0.416 e. The van der Waals surface area contributed by atoms with Gasteiger partial charge in [-0.1, -0.05) is 12.1 Å². The third-order valence-electron chi connectivity index (χ3n) is 5.99. The van der Waals surface area contributed by atoms with Crippen LogP contribution < -0.4 is 4.74 Å². The molecule has 1 aliphatic rings. The molecule has 0 saturated carbocycles. The zero-order valence-electron chi connectivity index (χ0n) is 18.7. The van der Waals surface area contributed by atoms with Gasteiger partial charge in [0.15, 0.2) is 0 Å². The van der Waals surface area contributed by atoms with Crippen LogP contribution in [0.5, 0.6) is 5.75 Å². The van der Waals surface area contributed by atoms with Crippen LogP contribution in [0.2, 0.25) is 0 Å². The fourth-order valence-electron chi connectivity index (χ4n) is 3.97. The lowest BCUT2D eigenvalue weighted by Crippen LogP contribution is -2.32. The molecule has 1 aromatic heterocycles. The van der Waals surface area contributed by atoms with Gasteiger partial charge < -0.3 is 9.84 Å². The Hall–Kier alpha value is -3.39. The normalized spacial score (nSPS) is 14.0. The van der Waals surface area contributed by atoms with E-state index < -0.39 is 17.7 Å². The molecule has 0 atom stereocenters. The van der Waals surface area contributed by atoms with Gasteiger partial charge in [0.2, 0.25) is 0 Å². The van der Waals surface area contributed by atoms with Gasteiger partial charge in [0, 0.05) is 37.3 Å². The van der Waals surface area contributed by atoms with Crippen LogP contribution in [0.1, 0.15) is 34.4 Å². The van der Waals surface area contributed by atoms with Crippen molar-refractivity contribution in [2.45, 2.75) is 39.1 Å². The SMILES string of the molecule is Cc1ccc(C(F)(F)F)cc1COc1ccc(-c2ccc3c(n2)CCN(CCC(=O)O)C3)cc1. The van der Waals surface area contributed by atoms with Gasteiger partial charge >= 0.3 is 12.1 Å². The monoisotopic (exact) mass is 470 g/mol. The van der Waals surface area contributed by atoms with Gasteiger partial charge in [-0.05, 0) is 66.1 Å². The van der Waals surface area contributed by atoms with E-state index in [2.05, 4.69) is 4.90 Å². The van der Waals surface area contributed by atoms with E-state index in [0.29, 0.717) is 24.4 Å². The van der Waals surface area contributed by atoms with Crippen LogP contribution in [0.4, 0.5) is 13.2 Å². The summed E-state index contributed by atoms with van der Waals surface area (Å²) in [5, 5.41) is 8.88. The quantitative estimate of drug-likeness (QED) is 0.495. The Morgan fingerprint density at radius 3 is 2.59 bits per heavy atom. The Balaban J connectivity index is 1.40. The standard InChI is InChI=1S/C26H25F3N2O3/c1-17-2-6-21(26(27,28)29)14-20(17)16-34-22-7-3-18(4-8-22)23-9-5-19-15-31(13-11-25(32)33)12-10-24(19)30-23/h2-9,14H,10-13,15-16H2,1H3,(H,32,33). The van der Waals surface area contributed by atoms with Crippen molar-refractivity contribution in [3.63, 3.8) is 0 Å². The maximum absolute atomic E-state index is 13.0. The summed E-state index contributed by atoms with van der Waals surface area (Å²) in [6, 6.07) is 15.0. The number of hydrogen-bond donors (Lipinski definition) is 1. The van der Waals surface area contributed by atoms with E-state index in [0.717, 1.165) is 53.2 Å². The first-order chi connectivity index (χ1) is 16.2. The first-order valence-corrected chi connectivity index (χ1v) is 11.0. The van der Waals surface area contributed by atoms with Crippen molar-refractivity contribution in [2.24, 2.45) is 0 Å². The summed E-state index contributed by atoms with van der Waals surface area (Å²) in [4.78, 5) is 17.7. The minimum atomic E-state index is -4.39. The molecule has 4 rings (SSSR count). The fraction of sp³-hybridized carbons (Fsp3) is 0.308. The molecule has 5 nitrogen and oxygen atoms in total. The first-order valence-electron chi connectivity index (χ1n) is 11.0. The van der Waals surface area contributed by atoms with Crippen molar-refractivity contribution in [2.75, 3.05) is 13.1 Å². The molecular weight excluding hydrogens is 445 g/mol. The number of carboxylic acids is 1. The number of benzene rings is 2. The lowest BCUT2D eigenvalue weighted by molar-refractivity contribution is -0.138. The van der Waals surface area contributed by atoms with Crippen molar-refractivity contribution in [3.8, 4) is 17.0 Å². The fourth-order valence-corrected chi connectivity index (χ4v) is 3.97. The van der Waals surface area contributed by atoms with Gasteiger partial charge in [-0.15, -0.1) is 0 Å². The number of halogens is 3. The van der Waals surface area contributed by atoms with Gasteiger partial charge in [0.1, 0.15) is 12.4 Å². The molecule has 8 heteroatoms. The third-order valence-corrected chi connectivity index (χ3v) is 5.99. The van der Waals surface area contributed by atoms with E-state index in [4.69, 9.17) is 14.8 Å². The van der Waals surface area contributed by atoms with E-state index in [1.807, 2.05) is 24.3 Å². The predicted molar refractivity (Wildman–Crippen MR) is 121 cm³/mol. The van der Waals surface area contributed by atoms with Gasteiger partial charge in [0.25, 0.3) is 0 Å². The number of carboxylic acid groups (broad SMARTS) is 1.